The van der Waals surface area contributed by atoms with Gasteiger partial charge in [0.1, 0.15) is 0 Å². The van der Waals surface area contributed by atoms with Gasteiger partial charge < -0.3 is 4.90 Å². The Morgan fingerprint density at radius 3 is 1.28 bits per heavy atom. The van der Waals surface area contributed by atoms with Crippen molar-refractivity contribution in [1.29, 1.82) is 0 Å². The van der Waals surface area contributed by atoms with Crippen molar-refractivity contribution in [3.8, 4) is 55.6 Å². The molecule has 64 heavy (non-hydrogen) atoms. The third kappa shape index (κ3) is 5.19. The van der Waals surface area contributed by atoms with Crippen LogP contribution in [0.3, 0.4) is 0 Å². The average molecular weight is 812 g/mol. The molecule has 0 heterocycles. The first-order chi connectivity index (χ1) is 31.8. The lowest BCUT2D eigenvalue weighted by Crippen LogP contribution is -2.29. The lowest BCUT2D eigenvalue weighted by Gasteiger charge is -2.37. The van der Waals surface area contributed by atoms with Gasteiger partial charge in [-0.25, -0.2) is 0 Å². The van der Waals surface area contributed by atoms with Gasteiger partial charge in [-0.3, -0.25) is 0 Å². The highest BCUT2D eigenvalue weighted by molar-refractivity contribution is 6.20. The van der Waals surface area contributed by atoms with Crippen LogP contribution in [0.1, 0.15) is 22.3 Å². The quantitative estimate of drug-likeness (QED) is 0.157. The van der Waals surface area contributed by atoms with Crippen LogP contribution in [-0.2, 0) is 5.41 Å². The van der Waals surface area contributed by atoms with Crippen LogP contribution < -0.4 is 4.90 Å². The van der Waals surface area contributed by atoms with Gasteiger partial charge in [-0.2, -0.15) is 0 Å². The predicted octanol–water partition coefficient (Wildman–Crippen LogP) is 16.8. The number of fused-ring (bicyclic) bond motifs is 17. The molecule has 1 atom stereocenters. The second-order valence-electron chi connectivity index (χ2n) is 17.1. The molecule has 0 radical (unpaired) electrons. The average Bonchev–Trinajstić information content (AvgIpc) is 3.64. The van der Waals surface area contributed by atoms with Gasteiger partial charge in [-0.1, -0.05) is 224 Å². The number of hydrogen-bond donors (Lipinski definition) is 0. The van der Waals surface area contributed by atoms with Crippen molar-refractivity contribution in [3.63, 3.8) is 0 Å². The molecule has 0 saturated carbocycles. The number of anilines is 3. The summed E-state index contributed by atoms with van der Waals surface area (Å²) in [4.78, 5) is 2.50. The van der Waals surface area contributed by atoms with Crippen molar-refractivity contribution in [2.45, 2.75) is 5.41 Å². The number of para-hydroxylation sites is 2. The summed E-state index contributed by atoms with van der Waals surface area (Å²) >= 11 is 0. The molecular formula is C63H41N. The van der Waals surface area contributed by atoms with E-state index >= 15 is 0 Å². The molecule has 0 fully saturated rings. The fourth-order valence-corrected chi connectivity index (χ4v) is 11.4. The topological polar surface area (TPSA) is 3.24 Å². The number of nitrogens with zero attached hydrogens (tertiary/aromatic N) is 1. The summed E-state index contributed by atoms with van der Waals surface area (Å²) in [5, 5.41) is 5.15. The largest absolute Gasteiger partial charge is 0.309 e. The second-order valence-corrected chi connectivity index (χ2v) is 17.1. The molecule has 1 nitrogen and oxygen atoms in total. The van der Waals surface area contributed by atoms with Crippen LogP contribution in [0.4, 0.5) is 17.1 Å². The van der Waals surface area contributed by atoms with Crippen LogP contribution in [-0.4, -0.2) is 0 Å². The number of benzene rings is 11. The Bertz CT molecular complexity index is 3540. The SMILES string of the molecule is c1ccc(-c2ccccc2N(c2ccc3c(c2)-c2ccccc2-c2ccccc2C32c3ccccc3-c3c2c2ccccc2c2ccccc32)c2ccccc2-c2ccccc2)cc1. The molecule has 0 aliphatic heterocycles. The highest BCUT2D eigenvalue weighted by atomic mass is 15.1. The Morgan fingerprint density at radius 2 is 0.672 bits per heavy atom. The van der Waals surface area contributed by atoms with Crippen molar-refractivity contribution in [2.75, 3.05) is 4.90 Å². The van der Waals surface area contributed by atoms with Crippen LogP contribution in [0.2, 0.25) is 0 Å². The summed E-state index contributed by atoms with van der Waals surface area (Å²) in [6.45, 7) is 0. The molecule has 0 N–H and O–H groups in total. The molecule has 0 aromatic heterocycles. The third-order valence-corrected chi connectivity index (χ3v) is 13.9. The Kier molecular flexibility index (Phi) is 8.20. The number of rotatable bonds is 5. The maximum atomic E-state index is 2.50. The Hall–Kier alpha value is -8.26. The molecule has 1 spiro atoms. The fourth-order valence-electron chi connectivity index (χ4n) is 11.4. The van der Waals surface area contributed by atoms with E-state index in [2.05, 4.69) is 254 Å². The van der Waals surface area contributed by atoms with E-state index in [1.807, 2.05) is 0 Å². The normalized spacial score (nSPS) is 14.3. The molecular weight excluding hydrogens is 771 g/mol. The van der Waals surface area contributed by atoms with Gasteiger partial charge in [-0.15, -0.1) is 0 Å². The second kappa shape index (κ2) is 14.4. The van der Waals surface area contributed by atoms with Crippen LogP contribution in [0.15, 0.2) is 249 Å². The maximum absolute atomic E-state index is 2.50. The summed E-state index contributed by atoms with van der Waals surface area (Å²) in [5.74, 6) is 0. The lowest BCUT2D eigenvalue weighted by atomic mass is 9.64. The van der Waals surface area contributed by atoms with Crippen LogP contribution in [0.5, 0.6) is 0 Å². The van der Waals surface area contributed by atoms with Gasteiger partial charge in [0.2, 0.25) is 0 Å². The molecule has 0 bridgehead atoms. The highest BCUT2D eigenvalue weighted by Gasteiger charge is 2.51. The van der Waals surface area contributed by atoms with E-state index in [4.69, 9.17) is 0 Å². The van der Waals surface area contributed by atoms with Crippen molar-refractivity contribution in [3.05, 3.63) is 271 Å². The Labute approximate surface area is 373 Å². The van der Waals surface area contributed by atoms with Crippen LogP contribution in [0, 0.1) is 0 Å². The first kappa shape index (κ1) is 36.4. The van der Waals surface area contributed by atoms with Gasteiger partial charge in [-0.05, 0) is 113 Å². The molecule has 2 aliphatic carbocycles. The highest BCUT2D eigenvalue weighted by Crippen LogP contribution is 2.64. The van der Waals surface area contributed by atoms with Crippen LogP contribution >= 0.6 is 0 Å². The fraction of sp³-hybridized carbons (Fsp3) is 0.0159. The standard InChI is InChI=1S/C63H41N/c1-3-21-42(22-4-1)45-25-15-19-37-59(45)64(60-38-20-16-26-46(60)43-23-5-2-6-24-43)44-39-40-58-55(41-44)50-30-8-7-27-47(50)51-31-13-17-35-56(51)63(58)57-36-18-14-34-54(57)61-52-32-11-9-28-48(52)49-29-10-12-33-53(49)62(61)63/h1-41H. The Morgan fingerprint density at radius 1 is 0.266 bits per heavy atom. The summed E-state index contributed by atoms with van der Waals surface area (Å²) < 4.78 is 0. The summed E-state index contributed by atoms with van der Waals surface area (Å²) in [6, 6.07) is 92.4. The first-order valence-electron chi connectivity index (χ1n) is 22.3. The molecule has 11 aromatic carbocycles. The van der Waals surface area contributed by atoms with Crippen molar-refractivity contribution < 1.29 is 0 Å². The molecule has 2 aliphatic rings. The van der Waals surface area contributed by atoms with Crippen molar-refractivity contribution >= 4 is 38.6 Å². The minimum atomic E-state index is -0.645. The molecule has 298 valence electrons. The zero-order valence-corrected chi connectivity index (χ0v) is 35.1. The molecule has 1 heteroatoms. The van der Waals surface area contributed by atoms with E-state index in [9.17, 15) is 0 Å². The third-order valence-electron chi connectivity index (χ3n) is 13.9. The minimum Gasteiger partial charge on any atom is -0.309 e. The minimum absolute atomic E-state index is 0.645. The van der Waals surface area contributed by atoms with Gasteiger partial charge in [0.25, 0.3) is 0 Å². The molecule has 11 aromatic rings. The van der Waals surface area contributed by atoms with Gasteiger partial charge in [0.15, 0.2) is 0 Å². The van der Waals surface area contributed by atoms with E-state index in [0.29, 0.717) is 0 Å². The monoisotopic (exact) mass is 811 g/mol. The molecule has 13 rings (SSSR count). The first-order valence-corrected chi connectivity index (χ1v) is 22.3. The maximum Gasteiger partial charge on any atom is 0.0731 e. The van der Waals surface area contributed by atoms with Crippen LogP contribution in [0.25, 0.3) is 77.2 Å². The van der Waals surface area contributed by atoms with Crippen molar-refractivity contribution in [2.24, 2.45) is 0 Å². The molecule has 0 amide bonds. The van der Waals surface area contributed by atoms with Gasteiger partial charge in [0, 0.05) is 16.8 Å². The molecule has 0 saturated heterocycles. The smallest absolute Gasteiger partial charge is 0.0731 e. The van der Waals surface area contributed by atoms with E-state index in [-0.39, 0.29) is 0 Å². The zero-order chi connectivity index (χ0) is 42.2. The summed E-state index contributed by atoms with van der Waals surface area (Å²) in [5.41, 5.74) is 20.2. The summed E-state index contributed by atoms with van der Waals surface area (Å²) in [6.07, 6.45) is 0. The Balaban J connectivity index is 1.18. The van der Waals surface area contributed by atoms with E-state index < -0.39 is 5.41 Å². The van der Waals surface area contributed by atoms with Gasteiger partial charge in [0.05, 0.1) is 16.8 Å². The van der Waals surface area contributed by atoms with Gasteiger partial charge >= 0.3 is 0 Å². The van der Waals surface area contributed by atoms with E-state index in [1.165, 1.54) is 99.4 Å². The number of hydrogen-bond acceptors (Lipinski definition) is 1. The van der Waals surface area contributed by atoms with E-state index in [1.54, 1.807) is 0 Å². The zero-order valence-electron chi connectivity index (χ0n) is 35.1. The van der Waals surface area contributed by atoms with E-state index in [0.717, 1.165) is 17.1 Å². The predicted molar refractivity (Wildman–Crippen MR) is 269 cm³/mol. The van der Waals surface area contributed by atoms with Crippen molar-refractivity contribution in [1.82, 2.24) is 0 Å². The summed E-state index contributed by atoms with van der Waals surface area (Å²) in [7, 11) is 0. The lowest BCUT2D eigenvalue weighted by molar-refractivity contribution is 0.783. The molecule has 1 unspecified atom stereocenters.